The van der Waals surface area contributed by atoms with Crippen molar-refractivity contribution in [2.24, 2.45) is 5.41 Å². The zero-order valence-electron chi connectivity index (χ0n) is 11.4. The molecule has 0 spiro atoms. The van der Waals surface area contributed by atoms with Gasteiger partial charge >= 0.3 is 0 Å². The van der Waals surface area contributed by atoms with Crippen LogP contribution in [-0.2, 0) is 22.5 Å². The van der Waals surface area contributed by atoms with Gasteiger partial charge in [0.15, 0.2) is 5.13 Å². The second kappa shape index (κ2) is 4.85. The molecule has 1 N–H and O–H groups in total. The number of carbonyl (C=O) groups excluding carboxylic acids is 1. The van der Waals surface area contributed by atoms with Crippen LogP contribution >= 0.6 is 11.3 Å². The Morgan fingerprint density at radius 2 is 2.42 bits per heavy atom. The quantitative estimate of drug-likeness (QED) is 0.892. The van der Waals surface area contributed by atoms with E-state index in [2.05, 4.69) is 22.2 Å². The van der Waals surface area contributed by atoms with E-state index in [0.29, 0.717) is 13.2 Å². The van der Waals surface area contributed by atoms with E-state index in [9.17, 15) is 4.79 Å². The molecule has 5 nitrogen and oxygen atoms in total. The zero-order chi connectivity index (χ0) is 13.5. The normalized spacial score (nSPS) is 27.3. The van der Waals surface area contributed by atoms with E-state index in [1.165, 1.54) is 4.88 Å². The SMILES string of the molecule is CN1CCc2nc(NC(=O)C3(C)CCOC3)sc2C1. The molecule has 1 atom stereocenters. The van der Waals surface area contributed by atoms with Crippen LogP contribution in [0.3, 0.4) is 0 Å². The highest BCUT2D eigenvalue weighted by molar-refractivity contribution is 7.15. The van der Waals surface area contributed by atoms with E-state index in [1.54, 1.807) is 11.3 Å². The van der Waals surface area contributed by atoms with E-state index < -0.39 is 5.41 Å². The molecule has 2 aliphatic heterocycles. The second-order valence-corrected chi connectivity index (χ2v) is 6.78. The Bertz CT molecular complexity index is 494. The zero-order valence-corrected chi connectivity index (χ0v) is 12.2. The van der Waals surface area contributed by atoms with Gasteiger partial charge < -0.3 is 15.0 Å². The van der Waals surface area contributed by atoms with Crippen molar-refractivity contribution in [3.63, 3.8) is 0 Å². The first-order valence-corrected chi connectivity index (χ1v) is 7.45. The van der Waals surface area contributed by atoms with Crippen molar-refractivity contribution in [1.82, 2.24) is 9.88 Å². The number of fused-ring (bicyclic) bond motifs is 1. The average Bonchev–Trinajstić information content (AvgIpc) is 2.95. The molecule has 0 radical (unpaired) electrons. The van der Waals surface area contributed by atoms with Crippen molar-refractivity contribution >= 4 is 22.4 Å². The van der Waals surface area contributed by atoms with Gasteiger partial charge in [0, 0.05) is 31.0 Å². The molecule has 1 saturated heterocycles. The van der Waals surface area contributed by atoms with Gasteiger partial charge in [0.05, 0.1) is 17.7 Å². The molecule has 104 valence electrons. The van der Waals surface area contributed by atoms with Crippen LogP contribution in [-0.4, -0.2) is 42.6 Å². The Hall–Kier alpha value is -0.980. The van der Waals surface area contributed by atoms with Gasteiger partial charge in [-0.2, -0.15) is 0 Å². The Kier molecular flexibility index (Phi) is 3.32. The number of likely N-dealkylation sites (N-methyl/N-ethyl adjacent to an activating group) is 1. The molecule has 19 heavy (non-hydrogen) atoms. The lowest BCUT2D eigenvalue weighted by Crippen LogP contribution is -2.33. The maximum absolute atomic E-state index is 12.3. The lowest BCUT2D eigenvalue weighted by molar-refractivity contribution is -0.124. The van der Waals surface area contributed by atoms with E-state index in [4.69, 9.17) is 4.74 Å². The molecule has 0 aliphatic carbocycles. The highest BCUT2D eigenvalue weighted by Crippen LogP contribution is 2.32. The number of hydrogen-bond donors (Lipinski definition) is 1. The van der Waals surface area contributed by atoms with E-state index in [0.717, 1.165) is 36.8 Å². The summed E-state index contributed by atoms with van der Waals surface area (Å²) in [6, 6.07) is 0. The first-order valence-electron chi connectivity index (χ1n) is 6.63. The van der Waals surface area contributed by atoms with Crippen LogP contribution in [0.2, 0.25) is 0 Å². The maximum atomic E-state index is 12.3. The summed E-state index contributed by atoms with van der Waals surface area (Å²) in [5, 5.41) is 3.70. The molecule has 1 amide bonds. The highest BCUT2D eigenvalue weighted by atomic mass is 32.1. The molecule has 3 rings (SSSR count). The first kappa shape index (κ1) is 13.0. The Morgan fingerprint density at radius 1 is 1.58 bits per heavy atom. The largest absolute Gasteiger partial charge is 0.380 e. The van der Waals surface area contributed by atoms with Crippen LogP contribution in [0.4, 0.5) is 5.13 Å². The van der Waals surface area contributed by atoms with Gasteiger partial charge in [-0.3, -0.25) is 4.79 Å². The van der Waals surface area contributed by atoms with Crippen LogP contribution < -0.4 is 5.32 Å². The van der Waals surface area contributed by atoms with E-state index in [1.807, 2.05) is 6.92 Å². The van der Waals surface area contributed by atoms with Gasteiger partial charge in [-0.15, -0.1) is 11.3 Å². The van der Waals surface area contributed by atoms with Gasteiger partial charge in [0.2, 0.25) is 5.91 Å². The number of nitrogens with zero attached hydrogens (tertiary/aromatic N) is 2. The summed E-state index contributed by atoms with van der Waals surface area (Å²) in [7, 11) is 2.11. The summed E-state index contributed by atoms with van der Waals surface area (Å²) in [4.78, 5) is 20.4. The van der Waals surface area contributed by atoms with Gasteiger partial charge in [-0.05, 0) is 20.4 Å². The fourth-order valence-electron chi connectivity index (χ4n) is 2.47. The third-order valence-electron chi connectivity index (χ3n) is 3.91. The number of hydrogen-bond acceptors (Lipinski definition) is 5. The van der Waals surface area contributed by atoms with Crippen LogP contribution in [0.15, 0.2) is 0 Å². The van der Waals surface area contributed by atoms with Crippen LogP contribution in [0.25, 0.3) is 0 Å². The molecular weight excluding hydrogens is 262 g/mol. The van der Waals surface area contributed by atoms with Crippen LogP contribution in [0, 0.1) is 5.41 Å². The van der Waals surface area contributed by atoms with Crippen molar-refractivity contribution in [1.29, 1.82) is 0 Å². The minimum absolute atomic E-state index is 0.0319. The van der Waals surface area contributed by atoms with Gasteiger partial charge in [0.1, 0.15) is 0 Å². The van der Waals surface area contributed by atoms with Gasteiger partial charge in [-0.1, -0.05) is 0 Å². The Balaban J connectivity index is 1.72. The molecule has 2 aliphatic rings. The molecule has 1 fully saturated rings. The smallest absolute Gasteiger partial charge is 0.234 e. The molecule has 1 aromatic heterocycles. The molecular formula is C13H19N3O2S. The first-order chi connectivity index (χ1) is 9.07. The molecule has 0 bridgehead atoms. The summed E-state index contributed by atoms with van der Waals surface area (Å²) < 4.78 is 5.33. The third-order valence-corrected chi connectivity index (χ3v) is 4.91. The predicted molar refractivity (Wildman–Crippen MR) is 74.3 cm³/mol. The van der Waals surface area contributed by atoms with Crippen molar-refractivity contribution in [3.8, 4) is 0 Å². The number of ether oxygens (including phenoxy) is 1. The summed E-state index contributed by atoms with van der Waals surface area (Å²) in [6.07, 6.45) is 1.76. The third kappa shape index (κ3) is 2.52. The minimum Gasteiger partial charge on any atom is -0.380 e. The summed E-state index contributed by atoms with van der Waals surface area (Å²) in [5.74, 6) is 0.0319. The average molecular weight is 281 g/mol. The molecule has 1 aromatic rings. The van der Waals surface area contributed by atoms with Crippen molar-refractivity contribution < 1.29 is 9.53 Å². The maximum Gasteiger partial charge on any atom is 0.234 e. The Labute approximate surface area is 117 Å². The number of nitrogens with one attached hydrogen (secondary N) is 1. The van der Waals surface area contributed by atoms with Crippen LogP contribution in [0.5, 0.6) is 0 Å². The standard InChI is InChI=1S/C13H19N3O2S/c1-13(4-6-18-8-13)11(17)15-12-14-9-3-5-16(2)7-10(9)19-12/h3-8H2,1-2H3,(H,14,15,17). The van der Waals surface area contributed by atoms with Crippen molar-refractivity contribution in [3.05, 3.63) is 10.6 Å². The summed E-state index contributed by atoms with van der Waals surface area (Å²) in [6.45, 7) is 5.10. The minimum atomic E-state index is -0.400. The number of thiazole rings is 1. The molecule has 0 aromatic carbocycles. The van der Waals surface area contributed by atoms with Crippen molar-refractivity contribution in [2.75, 3.05) is 32.1 Å². The number of anilines is 1. The lowest BCUT2D eigenvalue weighted by atomic mass is 9.89. The van der Waals surface area contributed by atoms with E-state index >= 15 is 0 Å². The van der Waals surface area contributed by atoms with Gasteiger partial charge in [0.25, 0.3) is 0 Å². The summed E-state index contributed by atoms with van der Waals surface area (Å²) in [5.41, 5.74) is 0.745. The van der Waals surface area contributed by atoms with Gasteiger partial charge in [-0.25, -0.2) is 4.98 Å². The fourth-order valence-corrected chi connectivity index (χ4v) is 3.55. The van der Waals surface area contributed by atoms with Crippen molar-refractivity contribution in [2.45, 2.75) is 26.3 Å². The Morgan fingerprint density at radius 3 is 3.16 bits per heavy atom. The van der Waals surface area contributed by atoms with E-state index in [-0.39, 0.29) is 5.91 Å². The summed E-state index contributed by atoms with van der Waals surface area (Å²) >= 11 is 1.60. The number of carbonyl (C=O) groups is 1. The second-order valence-electron chi connectivity index (χ2n) is 5.69. The predicted octanol–water partition coefficient (Wildman–Crippen LogP) is 1.50. The number of aromatic nitrogens is 1. The molecule has 3 heterocycles. The molecule has 0 saturated carbocycles. The number of amides is 1. The molecule has 1 unspecified atom stereocenters. The number of rotatable bonds is 2. The monoisotopic (exact) mass is 281 g/mol. The highest BCUT2D eigenvalue weighted by Gasteiger charge is 2.38. The molecule has 6 heteroatoms. The van der Waals surface area contributed by atoms with Crippen LogP contribution in [0.1, 0.15) is 23.9 Å². The lowest BCUT2D eigenvalue weighted by Gasteiger charge is -2.20. The fraction of sp³-hybridized carbons (Fsp3) is 0.692. The topological polar surface area (TPSA) is 54.5 Å².